The van der Waals surface area contributed by atoms with Crippen LogP contribution in [0.15, 0.2) is 0 Å². The second-order valence-electron chi connectivity index (χ2n) is 1.83. The van der Waals surface area contributed by atoms with E-state index in [0.29, 0.717) is 0 Å². The van der Waals surface area contributed by atoms with Gasteiger partial charge < -0.3 is 85.4 Å². The quantitative estimate of drug-likeness (QED) is 0.127. The van der Waals surface area contributed by atoms with E-state index in [9.17, 15) is 0 Å². The minimum atomic E-state index is -1.82. The third-order valence-corrected chi connectivity index (χ3v) is 0.549. The van der Waals surface area contributed by atoms with Crippen LogP contribution in [0.1, 0.15) is 0 Å². The van der Waals surface area contributed by atoms with Crippen molar-refractivity contribution in [2.24, 2.45) is 0 Å². The van der Waals surface area contributed by atoms with E-state index in [1.165, 1.54) is 0 Å². The molecule has 2 radical (unpaired) electrons. The van der Waals surface area contributed by atoms with Crippen molar-refractivity contribution in [1.29, 1.82) is 0 Å². The molecule has 0 unspecified atom stereocenters. The number of carbonyl (C=O) groups is 6. The predicted octanol–water partition coefficient (Wildman–Crippen LogP) is -10.8. The zero-order valence-corrected chi connectivity index (χ0v) is 21.5. The van der Waals surface area contributed by atoms with Crippen LogP contribution in [0.3, 0.4) is 0 Å². The monoisotopic (exact) mass is 728 g/mol. The molecule has 0 aliphatic rings. The van der Waals surface area contributed by atoms with Gasteiger partial charge in [-0.15, -0.1) is 0 Å². The van der Waals surface area contributed by atoms with Crippen molar-refractivity contribution in [2.45, 2.75) is 0 Å². The van der Waals surface area contributed by atoms with Crippen molar-refractivity contribution in [3.8, 4) is 0 Å². The smallest absolute Gasteiger partial charge is 0.414 e. The molecule has 26 N–H and O–H groups in total. The molecule has 188 valence electrons. The average Bonchev–Trinajstić information content (AvgIpc) is 2.18. The number of carboxylic acids is 6. The predicted molar refractivity (Wildman–Crippen MR) is 82.0 cm³/mol. The standard InChI is InChI=1S/3C2H2O4.2La.10H2O/c3*3-1(4)2(5)6;;;;;;;;;;;;/h3*(H,3,4)(H,5,6);;;10*1H2. The Hall–Kier alpha value is -1.19. The van der Waals surface area contributed by atoms with Gasteiger partial charge in [-0.3, -0.25) is 0 Å². The third kappa shape index (κ3) is 153. The second-order valence-corrected chi connectivity index (χ2v) is 1.83. The Balaban J connectivity index is -0.00000000721. The molecular weight excluding hydrogens is 702 g/mol. The molecule has 22 nitrogen and oxygen atoms in total. The van der Waals surface area contributed by atoms with Crippen molar-refractivity contribution in [3.05, 3.63) is 0 Å². The van der Waals surface area contributed by atoms with E-state index in [1.54, 1.807) is 0 Å². The normalized spacial score (nSPS) is 4.40. The number of rotatable bonds is 0. The summed E-state index contributed by atoms with van der Waals surface area (Å²) in [5, 5.41) is 44.3. The van der Waals surface area contributed by atoms with Crippen LogP contribution in [0.2, 0.25) is 0 Å². The molecule has 0 spiro atoms. The van der Waals surface area contributed by atoms with Crippen LogP contribution in [0.25, 0.3) is 0 Å². The fraction of sp³-hybridized carbons (Fsp3) is 0. The van der Waals surface area contributed by atoms with Gasteiger partial charge in [0.1, 0.15) is 0 Å². The van der Waals surface area contributed by atoms with Gasteiger partial charge in [-0.25, -0.2) is 28.8 Å². The molecule has 0 fully saturated rings. The average molecular weight is 728 g/mol. The first kappa shape index (κ1) is 117. The van der Waals surface area contributed by atoms with Gasteiger partial charge in [-0.05, 0) is 0 Å². The Morgan fingerprint density at radius 1 is 0.267 bits per heavy atom. The summed E-state index contributed by atoms with van der Waals surface area (Å²) in [6.07, 6.45) is 0. The molecule has 0 aromatic heterocycles. The van der Waals surface area contributed by atoms with Crippen LogP contribution in [-0.2, 0) is 28.8 Å². The fourth-order valence-electron chi connectivity index (χ4n) is 0. The molecule has 0 aliphatic carbocycles. The summed E-state index contributed by atoms with van der Waals surface area (Å²) in [6, 6.07) is 0. The van der Waals surface area contributed by atoms with E-state index in [4.69, 9.17) is 59.4 Å². The maximum absolute atomic E-state index is 9.10. The molecule has 0 atom stereocenters. The van der Waals surface area contributed by atoms with Crippen molar-refractivity contribution >= 4 is 35.8 Å². The molecule has 0 aromatic carbocycles. The number of carboxylic acid groups (broad SMARTS) is 6. The molecule has 0 bridgehead atoms. The zero-order valence-electron chi connectivity index (χ0n) is 14.3. The van der Waals surface area contributed by atoms with Gasteiger partial charge >= 0.3 is 35.8 Å². The van der Waals surface area contributed by atoms with Crippen LogP contribution < -0.4 is 0 Å². The molecule has 0 amide bonds. The molecule has 30 heavy (non-hydrogen) atoms. The largest absolute Gasteiger partial charge is 0.473 e. The molecule has 0 saturated heterocycles. The van der Waals surface area contributed by atoms with Crippen LogP contribution in [0.5, 0.6) is 0 Å². The van der Waals surface area contributed by atoms with E-state index in [2.05, 4.69) is 0 Å². The summed E-state index contributed by atoms with van der Waals surface area (Å²) in [6.45, 7) is 0. The van der Waals surface area contributed by atoms with Gasteiger partial charge in [-0.2, -0.15) is 0 Å². The van der Waals surface area contributed by atoms with Crippen molar-refractivity contribution in [2.75, 3.05) is 0 Å². The maximum atomic E-state index is 9.10. The first-order chi connectivity index (χ1) is 7.93. The van der Waals surface area contributed by atoms with E-state index < -0.39 is 35.8 Å². The number of hydrogen-bond donors (Lipinski definition) is 6. The Bertz CT molecular complexity index is 287. The summed E-state index contributed by atoms with van der Waals surface area (Å²) >= 11 is 0. The van der Waals surface area contributed by atoms with E-state index in [0.717, 1.165) is 0 Å². The Morgan fingerprint density at radius 2 is 0.300 bits per heavy atom. The second kappa shape index (κ2) is 70.7. The van der Waals surface area contributed by atoms with Crippen LogP contribution in [0, 0.1) is 71.2 Å². The van der Waals surface area contributed by atoms with E-state index in [1.807, 2.05) is 0 Å². The summed E-state index contributed by atoms with van der Waals surface area (Å²) < 4.78 is 0. The zero-order chi connectivity index (χ0) is 15.5. The van der Waals surface area contributed by atoms with Crippen molar-refractivity contribution in [3.63, 3.8) is 0 Å². The summed E-state index contributed by atoms with van der Waals surface area (Å²) in [5.74, 6) is -10.9. The molecule has 0 aromatic rings. The Morgan fingerprint density at radius 3 is 0.300 bits per heavy atom. The first-order valence-corrected chi connectivity index (χ1v) is 3.32. The molecule has 0 saturated carbocycles. The number of hydrogen-bond acceptors (Lipinski definition) is 6. The fourth-order valence-corrected chi connectivity index (χ4v) is 0. The molecule has 0 aliphatic heterocycles. The maximum Gasteiger partial charge on any atom is 0.414 e. The summed E-state index contributed by atoms with van der Waals surface area (Å²) in [5.41, 5.74) is 0. The van der Waals surface area contributed by atoms with Crippen LogP contribution in [0.4, 0.5) is 0 Å². The summed E-state index contributed by atoms with van der Waals surface area (Å²) in [7, 11) is 0. The third-order valence-electron chi connectivity index (χ3n) is 0.549. The topological polar surface area (TPSA) is 539 Å². The first-order valence-electron chi connectivity index (χ1n) is 3.32. The van der Waals surface area contributed by atoms with Crippen LogP contribution >= 0.6 is 0 Å². The van der Waals surface area contributed by atoms with E-state index in [-0.39, 0.29) is 126 Å². The molecule has 0 heterocycles. The SMILES string of the molecule is O.O.O.O.O.O.O.O.O.O.O=C(O)C(=O)O.O=C(O)C(=O)O.O=C(O)C(=O)O.[La].[La]. The van der Waals surface area contributed by atoms with Gasteiger partial charge in [0.15, 0.2) is 0 Å². The minimum Gasteiger partial charge on any atom is -0.473 e. The molecule has 0 rings (SSSR count). The van der Waals surface area contributed by atoms with E-state index >= 15 is 0 Å². The van der Waals surface area contributed by atoms with Gasteiger partial charge in [-0.1, -0.05) is 0 Å². The minimum absolute atomic E-state index is 0. The Labute approximate surface area is 219 Å². The van der Waals surface area contributed by atoms with Gasteiger partial charge in [0.2, 0.25) is 0 Å². The van der Waals surface area contributed by atoms with Gasteiger partial charge in [0.25, 0.3) is 0 Å². The number of aliphatic carboxylic acids is 6. The van der Waals surface area contributed by atoms with Crippen molar-refractivity contribution < 1.29 is 185 Å². The molecular formula is C6H26La2O22. The van der Waals surface area contributed by atoms with Gasteiger partial charge in [0, 0.05) is 71.2 Å². The van der Waals surface area contributed by atoms with Gasteiger partial charge in [0.05, 0.1) is 0 Å². The molecule has 24 heteroatoms. The van der Waals surface area contributed by atoms with Crippen molar-refractivity contribution in [1.82, 2.24) is 0 Å². The summed E-state index contributed by atoms with van der Waals surface area (Å²) in [4.78, 5) is 54.6. The Kier molecular flexibility index (Phi) is 275. The van der Waals surface area contributed by atoms with Crippen LogP contribution in [-0.4, -0.2) is 121 Å².